The second-order valence-electron chi connectivity index (χ2n) is 6.58. The number of amides is 1. The fourth-order valence-corrected chi connectivity index (χ4v) is 3.87. The summed E-state index contributed by atoms with van der Waals surface area (Å²) in [5.41, 5.74) is 2.00. The second kappa shape index (κ2) is 8.30. The normalized spacial score (nSPS) is 15.0. The van der Waals surface area contributed by atoms with Crippen molar-refractivity contribution < 1.29 is 14.1 Å². The van der Waals surface area contributed by atoms with Gasteiger partial charge < -0.3 is 4.42 Å². The fraction of sp³-hybridized carbons (Fsp3) is 0.0476. The molecule has 1 aromatic heterocycles. The molecule has 0 N–H and O–H groups in total. The average molecular weight is 521 g/mol. The molecule has 0 aliphatic carbocycles. The summed E-state index contributed by atoms with van der Waals surface area (Å²) in [6, 6.07) is 12.6. The van der Waals surface area contributed by atoms with Gasteiger partial charge in [-0.2, -0.15) is 10.1 Å². The van der Waals surface area contributed by atoms with Crippen LogP contribution in [-0.2, 0) is 4.79 Å². The monoisotopic (exact) mass is 519 g/mol. The number of hydrogen-bond donors (Lipinski definition) is 0. The molecule has 1 aliphatic heterocycles. The Morgan fingerprint density at radius 1 is 1.13 bits per heavy atom. The van der Waals surface area contributed by atoms with E-state index in [0.29, 0.717) is 48.6 Å². The number of hydrogen-bond acceptors (Lipinski definition) is 5. The highest BCUT2D eigenvalue weighted by molar-refractivity contribution is 9.10. The van der Waals surface area contributed by atoms with Crippen LogP contribution in [0.5, 0.6) is 0 Å². The Morgan fingerprint density at radius 2 is 1.90 bits per heavy atom. The Morgan fingerprint density at radius 3 is 2.58 bits per heavy atom. The number of hydrazone groups is 1. The number of anilines is 1. The van der Waals surface area contributed by atoms with Gasteiger partial charge in [0.25, 0.3) is 11.6 Å². The Kier molecular flexibility index (Phi) is 5.70. The number of nitro groups is 1. The van der Waals surface area contributed by atoms with Crippen LogP contribution in [0.1, 0.15) is 12.7 Å². The number of furan rings is 1. The lowest BCUT2D eigenvalue weighted by molar-refractivity contribution is -0.384. The molecule has 1 aliphatic rings. The Hall–Kier alpha value is -2.94. The lowest BCUT2D eigenvalue weighted by atomic mass is 10.1. The summed E-state index contributed by atoms with van der Waals surface area (Å²) in [7, 11) is 0. The van der Waals surface area contributed by atoms with Gasteiger partial charge >= 0.3 is 0 Å². The third kappa shape index (κ3) is 4.14. The first kappa shape index (κ1) is 21.3. The fourth-order valence-electron chi connectivity index (χ4n) is 3.01. The summed E-state index contributed by atoms with van der Waals surface area (Å²) in [6.45, 7) is 1.72. The van der Waals surface area contributed by atoms with Gasteiger partial charge in [-0.3, -0.25) is 14.9 Å². The molecule has 1 amide bonds. The Balaban J connectivity index is 1.62. The predicted molar refractivity (Wildman–Crippen MR) is 124 cm³/mol. The van der Waals surface area contributed by atoms with Crippen molar-refractivity contribution >= 4 is 68.2 Å². The van der Waals surface area contributed by atoms with Gasteiger partial charge in [-0.25, -0.2) is 0 Å². The lowest BCUT2D eigenvalue weighted by Gasteiger charge is -2.12. The highest BCUT2D eigenvalue weighted by atomic mass is 79.9. The summed E-state index contributed by atoms with van der Waals surface area (Å²) in [5, 5.41) is 17.2. The highest BCUT2D eigenvalue weighted by Gasteiger charge is 2.29. The molecule has 0 atom stereocenters. The van der Waals surface area contributed by atoms with E-state index in [1.54, 1.807) is 49.4 Å². The molecule has 0 spiro atoms. The van der Waals surface area contributed by atoms with Gasteiger partial charge in [-0.15, -0.1) is 0 Å². The van der Waals surface area contributed by atoms with E-state index in [1.165, 1.54) is 17.1 Å². The zero-order chi connectivity index (χ0) is 22.3. The summed E-state index contributed by atoms with van der Waals surface area (Å²) in [4.78, 5) is 23.3. The molecular formula is C21H12BrCl2N3O4. The third-order valence-electron chi connectivity index (χ3n) is 4.55. The quantitative estimate of drug-likeness (QED) is 0.216. The van der Waals surface area contributed by atoms with Crippen LogP contribution in [0.4, 0.5) is 11.4 Å². The van der Waals surface area contributed by atoms with E-state index in [1.807, 2.05) is 0 Å². The summed E-state index contributed by atoms with van der Waals surface area (Å²) < 4.78 is 6.37. The zero-order valence-electron chi connectivity index (χ0n) is 15.8. The molecule has 0 radical (unpaired) electrons. The van der Waals surface area contributed by atoms with Crippen LogP contribution in [0.15, 0.2) is 68.1 Å². The van der Waals surface area contributed by atoms with E-state index in [-0.39, 0.29) is 11.6 Å². The van der Waals surface area contributed by atoms with E-state index < -0.39 is 4.92 Å². The number of nitro benzene ring substituents is 1. The summed E-state index contributed by atoms with van der Waals surface area (Å²) in [5.74, 6) is 0.606. The number of halogens is 3. The number of benzene rings is 2. The van der Waals surface area contributed by atoms with Gasteiger partial charge in [-0.05, 0) is 65.3 Å². The molecule has 2 aromatic carbocycles. The van der Waals surface area contributed by atoms with Gasteiger partial charge in [0.15, 0.2) is 0 Å². The smallest absolute Gasteiger partial charge is 0.280 e. The number of rotatable bonds is 4. The van der Waals surface area contributed by atoms with Crippen LogP contribution in [0.2, 0.25) is 10.0 Å². The van der Waals surface area contributed by atoms with Crippen molar-refractivity contribution in [2.45, 2.75) is 6.92 Å². The van der Waals surface area contributed by atoms with Crippen molar-refractivity contribution in [2.75, 3.05) is 5.01 Å². The Labute approximate surface area is 194 Å². The molecule has 2 heterocycles. The molecule has 0 unspecified atom stereocenters. The first-order valence-electron chi connectivity index (χ1n) is 8.85. The largest absolute Gasteiger partial charge is 0.457 e. The number of carbonyl (C=O) groups is 1. The maximum Gasteiger partial charge on any atom is 0.280 e. The van der Waals surface area contributed by atoms with Crippen LogP contribution in [0.25, 0.3) is 17.4 Å². The van der Waals surface area contributed by atoms with Gasteiger partial charge in [0.05, 0.1) is 31.9 Å². The van der Waals surface area contributed by atoms with E-state index >= 15 is 0 Å². The SMILES string of the molecule is CC1=NN(c2ccc(Cl)c(Cl)c2)C(=O)/C1=C\c1ccc(-c2ccc([N+](=O)[O-])cc2Br)o1. The molecular weight excluding hydrogens is 509 g/mol. The third-order valence-corrected chi connectivity index (χ3v) is 5.95. The molecule has 4 rings (SSSR count). The minimum absolute atomic E-state index is 0.0321. The zero-order valence-corrected chi connectivity index (χ0v) is 18.9. The molecule has 31 heavy (non-hydrogen) atoms. The topological polar surface area (TPSA) is 89.0 Å². The lowest BCUT2D eigenvalue weighted by Crippen LogP contribution is -2.21. The van der Waals surface area contributed by atoms with E-state index in [2.05, 4.69) is 21.0 Å². The van der Waals surface area contributed by atoms with E-state index in [0.717, 1.165) is 0 Å². The number of nitrogens with zero attached hydrogens (tertiary/aromatic N) is 3. The molecule has 7 nitrogen and oxygen atoms in total. The molecule has 0 fully saturated rings. The minimum Gasteiger partial charge on any atom is -0.457 e. The maximum absolute atomic E-state index is 12.9. The van der Waals surface area contributed by atoms with Crippen molar-refractivity contribution in [3.05, 3.63) is 84.5 Å². The van der Waals surface area contributed by atoms with Crippen LogP contribution in [-0.4, -0.2) is 16.5 Å². The predicted octanol–water partition coefficient (Wildman–Crippen LogP) is 6.73. The van der Waals surface area contributed by atoms with Crippen LogP contribution >= 0.6 is 39.1 Å². The van der Waals surface area contributed by atoms with Gasteiger partial charge in [0, 0.05) is 22.2 Å². The first-order valence-corrected chi connectivity index (χ1v) is 10.4. The maximum atomic E-state index is 12.9. The van der Waals surface area contributed by atoms with Crippen molar-refractivity contribution in [2.24, 2.45) is 5.10 Å². The highest BCUT2D eigenvalue weighted by Crippen LogP contribution is 2.34. The molecule has 0 bridgehead atoms. The van der Waals surface area contributed by atoms with E-state index in [9.17, 15) is 14.9 Å². The second-order valence-corrected chi connectivity index (χ2v) is 8.25. The van der Waals surface area contributed by atoms with Gasteiger partial charge in [-0.1, -0.05) is 23.2 Å². The average Bonchev–Trinajstić information content (AvgIpc) is 3.30. The van der Waals surface area contributed by atoms with Crippen molar-refractivity contribution in [3.63, 3.8) is 0 Å². The molecule has 0 saturated heterocycles. The van der Waals surface area contributed by atoms with Crippen molar-refractivity contribution in [1.29, 1.82) is 0 Å². The molecule has 0 saturated carbocycles. The molecule has 3 aromatic rings. The van der Waals surface area contributed by atoms with Crippen LogP contribution in [0.3, 0.4) is 0 Å². The first-order chi connectivity index (χ1) is 14.7. The van der Waals surface area contributed by atoms with E-state index in [4.69, 9.17) is 27.6 Å². The van der Waals surface area contributed by atoms with Crippen LogP contribution in [0, 0.1) is 10.1 Å². The van der Waals surface area contributed by atoms with Gasteiger partial charge in [0.1, 0.15) is 11.5 Å². The van der Waals surface area contributed by atoms with Gasteiger partial charge in [0.2, 0.25) is 0 Å². The van der Waals surface area contributed by atoms with Crippen molar-refractivity contribution in [1.82, 2.24) is 0 Å². The van der Waals surface area contributed by atoms with Crippen LogP contribution < -0.4 is 5.01 Å². The summed E-state index contributed by atoms with van der Waals surface area (Å²) in [6.07, 6.45) is 1.60. The van der Waals surface area contributed by atoms with Crippen molar-refractivity contribution in [3.8, 4) is 11.3 Å². The minimum atomic E-state index is -0.472. The number of carbonyl (C=O) groups excluding carboxylic acids is 1. The molecule has 10 heteroatoms. The summed E-state index contributed by atoms with van der Waals surface area (Å²) >= 11 is 15.3. The standard InChI is InChI=1S/C21H12BrCl2N3O4/c1-11-16(21(28)26(25-11)12-3-6-18(23)19(24)9-12)10-14-4-7-20(31-14)15-5-2-13(27(29)30)8-17(15)22/h2-10H,1H3/b16-10-. The molecule has 156 valence electrons. The number of non-ortho nitro benzene ring substituents is 1. The Bertz CT molecular complexity index is 1300.